The average molecular weight is 424 g/mol. The molecule has 4 N–H and O–H groups in total. The zero-order chi connectivity index (χ0) is 21.2. The van der Waals surface area contributed by atoms with Gasteiger partial charge in [-0.25, -0.2) is 0 Å². The second kappa shape index (κ2) is 6.19. The third-order valence-corrected chi connectivity index (χ3v) is 11.0. The number of piperidine rings is 1. The van der Waals surface area contributed by atoms with Crippen LogP contribution in [-0.2, 0) is 9.47 Å². The first-order valence-electron chi connectivity index (χ1n) is 11.8. The summed E-state index contributed by atoms with van der Waals surface area (Å²) in [6.45, 7) is 3.81. The number of aliphatic hydroxyl groups excluding tert-OH is 3. The van der Waals surface area contributed by atoms with Crippen LogP contribution >= 0.6 is 0 Å². The first-order chi connectivity index (χ1) is 14.4. The Morgan fingerprint density at radius 1 is 1.13 bits per heavy atom. The standard InChI is InChI=1S/C23H37NO6/c1-4-24-9-21(10-25)6-5-14(26)23-12-7-11-13(29-2)8-22(28,15(12)17(11)27)16(20(23)24)18(30-3)19(21)23/h11-20,25-28H,4-10H2,1-3H3/t11-,12+,13-,14-,15+,16?,17-,18-,19+,20?,21-,22+,23?/m0/s1. The second-order valence-electron chi connectivity index (χ2n) is 11.3. The minimum atomic E-state index is -1.09. The van der Waals surface area contributed by atoms with Crippen LogP contribution in [0.25, 0.3) is 0 Å². The van der Waals surface area contributed by atoms with Gasteiger partial charge in [0.15, 0.2) is 0 Å². The van der Waals surface area contributed by atoms with E-state index >= 15 is 0 Å². The first kappa shape index (κ1) is 20.3. The van der Waals surface area contributed by atoms with Gasteiger partial charge in [-0.15, -0.1) is 0 Å². The molecular weight excluding hydrogens is 386 g/mol. The predicted molar refractivity (Wildman–Crippen MR) is 107 cm³/mol. The molecule has 7 bridgehead atoms. The maximum absolute atomic E-state index is 12.4. The van der Waals surface area contributed by atoms with Crippen molar-refractivity contribution in [3.8, 4) is 0 Å². The summed E-state index contributed by atoms with van der Waals surface area (Å²) >= 11 is 0. The predicted octanol–water partition coefficient (Wildman–Crippen LogP) is -0.152. The van der Waals surface area contributed by atoms with E-state index in [1.165, 1.54) is 0 Å². The Morgan fingerprint density at radius 2 is 1.90 bits per heavy atom. The van der Waals surface area contributed by atoms with E-state index in [4.69, 9.17) is 9.47 Å². The van der Waals surface area contributed by atoms with E-state index in [-0.39, 0.29) is 59.9 Å². The molecule has 30 heavy (non-hydrogen) atoms. The third-order valence-electron chi connectivity index (χ3n) is 11.0. The lowest BCUT2D eigenvalue weighted by molar-refractivity contribution is -0.271. The van der Waals surface area contributed by atoms with Gasteiger partial charge in [-0.2, -0.15) is 0 Å². The lowest BCUT2D eigenvalue weighted by Crippen LogP contribution is -2.76. The van der Waals surface area contributed by atoms with Gasteiger partial charge in [-0.3, -0.25) is 4.90 Å². The Kier molecular flexibility index (Phi) is 4.19. The minimum absolute atomic E-state index is 0.000214. The van der Waals surface area contributed by atoms with Crippen molar-refractivity contribution >= 4 is 0 Å². The van der Waals surface area contributed by atoms with Crippen molar-refractivity contribution in [2.45, 2.75) is 68.7 Å². The van der Waals surface area contributed by atoms with Crippen LogP contribution in [0.1, 0.15) is 32.6 Å². The third kappa shape index (κ3) is 1.88. The summed E-state index contributed by atoms with van der Waals surface area (Å²) in [5, 5.41) is 46.2. The minimum Gasteiger partial charge on any atom is -0.396 e. The topological polar surface area (TPSA) is 103 Å². The van der Waals surface area contributed by atoms with Gasteiger partial charge < -0.3 is 29.9 Å². The fourth-order valence-corrected chi connectivity index (χ4v) is 10.4. The Hall–Kier alpha value is -0.280. The maximum Gasteiger partial charge on any atom is 0.0796 e. The highest BCUT2D eigenvalue weighted by molar-refractivity contribution is 5.35. The molecule has 6 fully saturated rings. The fraction of sp³-hybridized carbons (Fsp3) is 1.00. The number of methoxy groups -OCH3 is 2. The SMILES string of the molecule is CCN1C[C@]2(CO)CC[C@H](O)C34C1C([C@H](OC)[C@@H]32)[C@@]1(O)C[C@H](OC)[C@@H]2C[C@@H]4[C@@H]1[C@H]2O. The molecule has 6 rings (SSSR count). The normalized spacial score (nSPS) is 63.3. The molecule has 0 aromatic heterocycles. The molecule has 5 saturated carbocycles. The number of rotatable bonds is 4. The van der Waals surface area contributed by atoms with E-state index in [0.29, 0.717) is 12.8 Å². The lowest BCUT2D eigenvalue weighted by atomic mass is 9.43. The van der Waals surface area contributed by atoms with Gasteiger partial charge in [0.05, 0.1) is 36.6 Å². The van der Waals surface area contributed by atoms with Crippen molar-refractivity contribution in [2.75, 3.05) is 33.9 Å². The van der Waals surface area contributed by atoms with Crippen LogP contribution in [0.2, 0.25) is 0 Å². The van der Waals surface area contributed by atoms with Gasteiger partial charge in [0, 0.05) is 67.7 Å². The number of hydrogen-bond acceptors (Lipinski definition) is 7. The van der Waals surface area contributed by atoms with Crippen LogP contribution in [0.5, 0.6) is 0 Å². The van der Waals surface area contributed by atoms with E-state index in [2.05, 4.69) is 11.8 Å². The van der Waals surface area contributed by atoms with Crippen LogP contribution in [0, 0.1) is 40.4 Å². The van der Waals surface area contributed by atoms with Crippen molar-refractivity contribution in [3.05, 3.63) is 0 Å². The number of likely N-dealkylation sites (tertiary alicyclic amines) is 1. The Morgan fingerprint density at radius 3 is 2.53 bits per heavy atom. The number of ether oxygens (including phenoxy) is 2. The number of aliphatic hydroxyl groups is 4. The molecule has 0 amide bonds. The molecule has 1 spiro atoms. The summed E-state index contributed by atoms with van der Waals surface area (Å²) in [6.07, 6.45) is 1.16. The Bertz CT molecular complexity index is 736. The highest BCUT2D eigenvalue weighted by Crippen LogP contribution is 2.79. The van der Waals surface area contributed by atoms with Crippen molar-refractivity contribution in [1.82, 2.24) is 4.90 Å². The van der Waals surface area contributed by atoms with E-state index < -0.39 is 23.2 Å². The van der Waals surface area contributed by atoms with Gasteiger partial charge in [0.25, 0.3) is 0 Å². The van der Waals surface area contributed by atoms with E-state index in [0.717, 1.165) is 25.9 Å². The zero-order valence-electron chi connectivity index (χ0n) is 18.3. The Balaban J connectivity index is 1.64. The lowest BCUT2D eigenvalue weighted by Gasteiger charge is -2.68. The molecule has 3 unspecified atom stereocenters. The summed E-state index contributed by atoms with van der Waals surface area (Å²) < 4.78 is 12.0. The molecule has 1 aliphatic heterocycles. The van der Waals surface area contributed by atoms with E-state index in [9.17, 15) is 20.4 Å². The summed E-state index contributed by atoms with van der Waals surface area (Å²) in [4.78, 5) is 2.42. The fourth-order valence-electron chi connectivity index (χ4n) is 10.4. The number of nitrogens with zero attached hydrogens (tertiary/aromatic N) is 1. The largest absolute Gasteiger partial charge is 0.396 e. The molecule has 13 atom stereocenters. The van der Waals surface area contributed by atoms with Crippen molar-refractivity contribution in [2.24, 2.45) is 40.4 Å². The van der Waals surface area contributed by atoms with Gasteiger partial charge in [0.2, 0.25) is 0 Å². The number of hydrogen-bond donors (Lipinski definition) is 4. The molecule has 1 saturated heterocycles. The zero-order valence-corrected chi connectivity index (χ0v) is 18.3. The van der Waals surface area contributed by atoms with Crippen molar-refractivity contribution in [3.63, 3.8) is 0 Å². The molecule has 7 nitrogen and oxygen atoms in total. The molecule has 7 heteroatoms. The quantitative estimate of drug-likeness (QED) is 0.499. The highest BCUT2D eigenvalue weighted by Gasteiger charge is 2.86. The summed E-state index contributed by atoms with van der Waals surface area (Å²) in [5.74, 6) is -0.480. The van der Waals surface area contributed by atoms with Crippen LogP contribution < -0.4 is 0 Å². The van der Waals surface area contributed by atoms with Crippen LogP contribution in [0.3, 0.4) is 0 Å². The summed E-state index contributed by atoms with van der Waals surface area (Å²) in [7, 11) is 3.40. The molecule has 0 aromatic rings. The summed E-state index contributed by atoms with van der Waals surface area (Å²) in [5.41, 5.74) is -1.89. The van der Waals surface area contributed by atoms with Crippen LogP contribution in [0.4, 0.5) is 0 Å². The molecule has 0 aromatic carbocycles. The average Bonchev–Trinajstić information content (AvgIpc) is 3.15. The molecule has 6 aliphatic rings. The smallest absolute Gasteiger partial charge is 0.0796 e. The van der Waals surface area contributed by atoms with Crippen LogP contribution in [-0.4, -0.2) is 95.3 Å². The van der Waals surface area contributed by atoms with E-state index in [1.54, 1.807) is 14.2 Å². The molecule has 5 aliphatic carbocycles. The second-order valence-corrected chi connectivity index (χ2v) is 11.3. The van der Waals surface area contributed by atoms with Gasteiger partial charge >= 0.3 is 0 Å². The van der Waals surface area contributed by atoms with E-state index in [1.807, 2.05) is 0 Å². The molecule has 170 valence electrons. The number of fused-ring (bicyclic) bond motifs is 2. The van der Waals surface area contributed by atoms with Crippen LogP contribution in [0.15, 0.2) is 0 Å². The summed E-state index contributed by atoms with van der Waals surface area (Å²) in [6, 6.07) is 0.000214. The molecular formula is C23H37NO6. The molecule has 0 radical (unpaired) electrons. The monoisotopic (exact) mass is 423 g/mol. The van der Waals surface area contributed by atoms with Gasteiger partial charge in [0.1, 0.15) is 0 Å². The maximum atomic E-state index is 12.4. The van der Waals surface area contributed by atoms with Crippen molar-refractivity contribution < 1.29 is 29.9 Å². The van der Waals surface area contributed by atoms with Gasteiger partial charge in [-0.1, -0.05) is 6.92 Å². The van der Waals surface area contributed by atoms with Gasteiger partial charge in [-0.05, 0) is 31.7 Å². The first-order valence-corrected chi connectivity index (χ1v) is 11.8. The molecule has 1 heterocycles. The Labute approximate surface area is 178 Å². The highest BCUT2D eigenvalue weighted by atomic mass is 16.5. The van der Waals surface area contributed by atoms with Crippen molar-refractivity contribution in [1.29, 1.82) is 0 Å².